The van der Waals surface area contributed by atoms with Gasteiger partial charge in [-0.3, -0.25) is 4.79 Å². The van der Waals surface area contributed by atoms with Crippen molar-refractivity contribution >= 4 is 5.97 Å². The van der Waals surface area contributed by atoms with E-state index in [1.165, 1.54) is 0 Å². The molecule has 0 amide bonds. The largest absolute Gasteiger partial charge is 0.497 e. The molecule has 2 N–H and O–H groups in total. The van der Waals surface area contributed by atoms with E-state index in [-0.39, 0.29) is 12.5 Å². The summed E-state index contributed by atoms with van der Waals surface area (Å²) in [6.07, 6.45) is 2.52. The van der Waals surface area contributed by atoms with Crippen molar-refractivity contribution in [2.24, 2.45) is 5.92 Å². The Bertz CT molecular complexity index is 359. The van der Waals surface area contributed by atoms with E-state index in [9.17, 15) is 4.79 Å². The lowest BCUT2D eigenvalue weighted by atomic mass is 9.94. The molecule has 1 rings (SSSR count). The Kier molecular flexibility index (Phi) is 6.22. The first-order chi connectivity index (χ1) is 8.67. The van der Waals surface area contributed by atoms with E-state index in [1.54, 1.807) is 7.11 Å². The molecule has 4 heteroatoms. The van der Waals surface area contributed by atoms with Crippen LogP contribution in [0.25, 0.3) is 0 Å². The second-order valence-electron chi connectivity index (χ2n) is 4.31. The highest BCUT2D eigenvalue weighted by Crippen LogP contribution is 2.18. The number of carboxylic acid groups (broad SMARTS) is 1. The zero-order valence-corrected chi connectivity index (χ0v) is 10.6. The minimum absolute atomic E-state index is 0.120. The van der Waals surface area contributed by atoms with Gasteiger partial charge in [-0.05, 0) is 37.0 Å². The first-order valence-corrected chi connectivity index (χ1v) is 6.14. The fourth-order valence-electron chi connectivity index (χ4n) is 1.86. The van der Waals surface area contributed by atoms with Crippen LogP contribution in [0.15, 0.2) is 24.3 Å². The third-order valence-corrected chi connectivity index (χ3v) is 2.95. The molecule has 1 aromatic carbocycles. The van der Waals surface area contributed by atoms with Gasteiger partial charge in [0.05, 0.1) is 13.0 Å². The second-order valence-corrected chi connectivity index (χ2v) is 4.31. The molecule has 0 heterocycles. The van der Waals surface area contributed by atoms with Gasteiger partial charge < -0.3 is 14.9 Å². The number of unbranched alkanes of at least 4 members (excludes halogenated alkanes) is 1. The molecule has 100 valence electrons. The molecule has 0 saturated heterocycles. The highest BCUT2D eigenvalue weighted by Gasteiger charge is 2.17. The maximum atomic E-state index is 11.1. The van der Waals surface area contributed by atoms with Gasteiger partial charge in [0, 0.05) is 6.61 Å². The van der Waals surface area contributed by atoms with Gasteiger partial charge in [0.15, 0.2) is 0 Å². The van der Waals surface area contributed by atoms with Crippen molar-refractivity contribution in [1.82, 2.24) is 0 Å². The Morgan fingerprint density at radius 3 is 2.44 bits per heavy atom. The number of carboxylic acids is 1. The lowest BCUT2D eigenvalue weighted by molar-refractivity contribution is -0.142. The molecular weight excluding hydrogens is 232 g/mol. The number of aliphatic hydroxyl groups excluding tert-OH is 1. The van der Waals surface area contributed by atoms with Crippen LogP contribution in [0.2, 0.25) is 0 Å². The molecular formula is C14H20O4. The topological polar surface area (TPSA) is 66.8 Å². The van der Waals surface area contributed by atoms with Gasteiger partial charge in [-0.1, -0.05) is 18.6 Å². The molecule has 0 saturated carbocycles. The number of methoxy groups -OCH3 is 1. The Morgan fingerprint density at radius 1 is 1.28 bits per heavy atom. The summed E-state index contributed by atoms with van der Waals surface area (Å²) in [6, 6.07) is 7.45. The van der Waals surface area contributed by atoms with Crippen LogP contribution in [0.4, 0.5) is 0 Å². The summed E-state index contributed by atoms with van der Waals surface area (Å²) in [6.45, 7) is 0.120. The van der Waals surface area contributed by atoms with Crippen molar-refractivity contribution < 1.29 is 19.7 Å². The van der Waals surface area contributed by atoms with E-state index in [0.717, 1.165) is 17.7 Å². The Labute approximate surface area is 107 Å². The quantitative estimate of drug-likeness (QED) is 0.695. The minimum atomic E-state index is -0.774. The first kappa shape index (κ1) is 14.5. The number of aliphatic hydroxyl groups is 1. The van der Waals surface area contributed by atoms with Crippen LogP contribution in [0, 0.1) is 5.92 Å². The van der Waals surface area contributed by atoms with Crippen LogP contribution in [0.3, 0.4) is 0 Å². The molecule has 1 unspecified atom stereocenters. The van der Waals surface area contributed by atoms with Gasteiger partial charge >= 0.3 is 5.97 Å². The fraction of sp³-hybridized carbons (Fsp3) is 0.500. The SMILES string of the molecule is COc1ccc(CC(CCCCO)C(=O)O)cc1. The molecule has 0 aliphatic rings. The number of aliphatic carboxylic acids is 1. The molecule has 0 aromatic heterocycles. The zero-order valence-electron chi connectivity index (χ0n) is 10.6. The van der Waals surface area contributed by atoms with Crippen LogP contribution in [0.5, 0.6) is 5.75 Å². The molecule has 0 fully saturated rings. The first-order valence-electron chi connectivity index (χ1n) is 6.14. The molecule has 4 nitrogen and oxygen atoms in total. The van der Waals surface area contributed by atoms with Crippen molar-refractivity contribution in [1.29, 1.82) is 0 Å². The summed E-state index contributed by atoms with van der Waals surface area (Å²) in [4.78, 5) is 11.1. The average Bonchev–Trinajstić information content (AvgIpc) is 2.38. The molecule has 1 aromatic rings. The predicted molar refractivity (Wildman–Crippen MR) is 68.8 cm³/mol. The summed E-state index contributed by atoms with van der Waals surface area (Å²) in [5, 5.41) is 17.9. The van der Waals surface area contributed by atoms with Gasteiger partial charge in [-0.2, -0.15) is 0 Å². The maximum absolute atomic E-state index is 11.1. The van der Waals surface area contributed by atoms with E-state index < -0.39 is 5.97 Å². The van der Waals surface area contributed by atoms with E-state index in [1.807, 2.05) is 24.3 Å². The summed E-state index contributed by atoms with van der Waals surface area (Å²) in [5.41, 5.74) is 0.993. The highest BCUT2D eigenvalue weighted by molar-refractivity contribution is 5.70. The number of hydrogen-bond acceptors (Lipinski definition) is 3. The monoisotopic (exact) mass is 252 g/mol. The van der Waals surface area contributed by atoms with Crippen LogP contribution < -0.4 is 4.74 Å². The second kappa shape index (κ2) is 7.71. The molecule has 1 atom stereocenters. The number of rotatable bonds is 8. The van der Waals surface area contributed by atoms with Gasteiger partial charge in [-0.15, -0.1) is 0 Å². The molecule has 0 radical (unpaired) electrons. The number of benzene rings is 1. The Hall–Kier alpha value is -1.55. The Morgan fingerprint density at radius 2 is 1.94 bits per heavy atom. The van der Waals surface area contributed by atoms with Gasteiger partial charge in [0.1, 0.15) is 5.75 Å². The van der Waals surface area contributed by atoms with Gasteiger partial charge in [0.25, 0.3) is 0 Å². The number of carbonyl (C=O) groups is 1. The van der Waals surface area contributed by atoms with E-state index in [2.05, 4.69) is 0 Å². The van der Waals surface area contributed by atoms with E-state index in [4.69, 9.17) is 14.9 Å². The summed E-state index contributed by atoms with van der Waals surface area (Å²) < 4.78 is 5.06. The average molecular weight is 252 g/mol. The highest BCUT2D eigenvalue weighted by atomic mass is 16.5. The van der Waals surface area contributed by atoms with Crippen molar-refractivity contribution in [3.05, 3.63) is 29.8 Å². The third-order valence-electron chi connectivity index (χ3n) is 2.95. The van der Waals surface area contributed by atoms with Crippen LogP contribution in [-0.4, -0.2) is 29.9 Å². The summed E-state index contributed by atoms with van der Waals surface area (Å²) in [7, 11) is 1.60. The Balaban J connectivity index is 2.56. The summed E-state index contributed by atoms with van der Waals surface area (Å²) >= 11 is 0. The lowest BCUT2D eigenvalue weighted by Gasteiger charge is -2.12. The number of hydrogen-bond donors (Lipinski definition) is 2. The smallest absolute Gasteiger partial charge is 0.306 e. The lowest BCUT2D eigenvalue weighted by Crippen LogP contribution is -2.16. The molecule has 0 bridgehead atoms. The van der Waals surface area contributed by atoms with Gasteiger partial charge in [-0.25, -0.2) is 0 Å². The van der Waals surface area contributed by atoms with Crippen LogP contribution in [0.1, 0.15) is 24.8 Å². The third kappa shape index (κ3) is 4.75. The molecule has 0 spiro atoms. The number of ether oxygens (including phenoxy) is 1. The van der Waals surface area contributed by atoms with Crippen molar-refractivity contribution in [2.75, 3.05) is 13.7 Å². The fourth-order valence-corrected chi connectivity index (χ4v) is 1.86. The van der Waals surface area contributed by atoms with Crippen molar-refractivity contribution in [3.63, 3.8) is 0 Å². The predicted octanol–water partition coefficient (Wildman–Crippen LogP) is 2.10. The van der Waals surface area contributed by atoms with Crippen molar-refractivity contribution in [3.8, 4) is 5.75 Å². The van der Waals surface area contributed by atoms with Crippen LogP contribution in [-0.2, 0) is 11.2 Å². The van der Waals surface area contributed by atoms with E-state index >= 15 is 0 Å². The van der Waals surface area contributed by atoms with E-state index in [0.29, 0.717) is 19.3 Å². The van der Waals surface area contributed by atoms with Crippen LogP contribution >= 0.6 is 0 Å². The zero-order chi connectivity index (χ0) is 13.4. The molecule has 18 heavy (non-hydrogen) atoms. The standard InChI is InChI=1S/C14H20O4/c1-18-13-7-5-11(6-8-13)10-12(14(16)17)4-2-3-9-15/h5-8,12,15H,2-4,9-10H2,1H3,(H,16,17). The van der Waals surface area contributed by atoms with Gasteiger partial charge in [0.2, 0.25) is 0 Å². The molecule has 0 aliphatic carbocycles. The maximum Gasteiger partial charge on any atom is 0.306 e. The molecule has 0 aliphatic heterocycles. The summed E-state index contributed by atoms with van der Waals surface area (Å²) in [5.74, 6) is -0.389. The minimum Gasteiger partial charge on any atom is -0.497 e. The van der Waals surface area contributed by atoms with Crippen molar-refractivity contribution in [2.45, 2.75) is 25.7 Å². The normalized spacial score (nSPS) is 12.1.